The lowest BCUT2D eigenvalue weighted by Crippen LogP contribution is -2.16. The quantitative estimate of drug-likeness (QED) is 0.453. The van der Waals surface area contributed by atoms with Crippen LogP contribution in [0.4, 0.5) is 35.1 Å². The number of alkyl halides is 3. The predicted molar refractivity (Wildman–Crippen MR) is 66.3 cm³/mol. The van der Waals surface area contributed by atoms with Crippen LogP contribution in [0.3, 0.4) is 0 Å². The summed E-state index contributed by atoms with van der Waals surface area (Å²) in [5.41, 5.74) is -6.02. The standard InChI is InChI=1S/C14H2F8N4/c15-8-4(1-2-23)9(16)10(17)5(3-24)6(8)7-11(18)25-13(14(20,21)22)26-12(7)19/h1H2. The van der Waals surface area contributed by atoms with Gasteiger partial charge in [0.1, 0.15) is 17.4 Å². The third-order valence-electron chi connectivity index (χ3n) is 3.10. The summed E-state index contributed by atoms with van der Waals surface area (Å²) in [7, 11) is 0. The van der Waals surface area contributed by atoms with Gasteiger partial charge >= 0.3 is 6.18 Å². The van der Waals surface area contributed by atoms with Crippen molar-refractivity contribution in [3.8, 4) is 23.3 Å². The first kappa shape index (κ1) is 19.1. The first-order valence-electron chi connectivity index (χ1n) is 6.31. The summed E-state index contributed by atoms with van der Waals surface area (Å²) in [6, 6.07) is 2.23. The van der Waals surface area contributed by atoms with Gasteiger partial charge in [0, 0.05) is 11.1 Å². The Labute approximate surface area is 138 Å². The van der Waals surface area contributed by atoms with Gasteiger partial charge in [0.25, 0.3) is 0 Å². The van der Waals surface area contributed by atoms with Gasteiger partial charge in [-0.2, -0.15) is 42.4 Å². The highest BCUT2D eigenvalue weighted by Gasteiger charge is 2.38. The lowest BCUT2D eigenvalue weighted by Gasteiger charge is -2.13. The van der Waals surface area contributed by atoms with Gasteiger partial charge in [0.05, 0.1) is 18.1 Å². The third-order valence-corrected chi connectivity index (χ3v) is 3.10. The largest absolute Gasteiger partial charge is 0.451 e. The van der Waals surface area contributed by atoms with Gasteiger partial charge in [0.15, 0.2) is 11.6 Å². The number of rotatable bonds is 2. The molecule has 0 unspecified atom stereocenters. The van der Waals surface area contributed by atoms with Crippen molar-refractivity contribution in [3.63, 3.8) is 0 Å². The molecule has 1 aromatic heterocycles. The number of benzene rings is 1. The molecule has 0 N–H and O–H groups in total. The second-order valence-corrected chi connectivity index (χ2v) is 4.62. The molecule has 0 bridgehead atoms. The van der Waals surface area contributed by atoms with Gasteiger partial charge < -0.3 is 0 Å². The summed E-state index contributed by atoms with van der Waals surface area (Å²) in [5.74, 6) is -12.6. The number of aromatic nitrogens is 2. The molecule has 12 heteroatoms. The molecule has 2 rings (SSSR count). The van der Waals surface area contributed by atoms with Gasteiger partial charge in [-0.1, -0.05) is 0 Å². The molecular weight excluding hydrogens is 376 g/mol. The van der Waals surface area contributed by atoms with Crippen LogP contribution in [0.1, 0.15) is 17.0 Å². The van der Waals surface area contributed by atoms with Crippen LogP contribution < -0.4 is 0 Å². The van der Waals surface area contributed by atoms with Crippen LogP contribution >= 0.6 is 0 Å². The van der Waals surface area contributed by atoms with E-state index in [-0.39, 0.29) is 0 Å². The Bertz CT molecular complexity index is 962. The predicted octanol–water partition coefficient (Wildman–Crippen LogP) is 3.80. The fourth-order valence-corrected chi connectivity index (χ4v) is 2.02. The lowest BCUT2D eigenvalue weighted by atomic mass is 9.96. The SMILES string of the molecule is N#CCc1c(F)c(F)c(C#N)c(-c2c(F)nc(C(F)(F)F)nc2F)c1F. The first-order chi connectivity index (χ1) is 12.0. The zero-order valence-electron chi connectivity index (χ0n) is 12.0. The van der Waals surface area contributed by atoms with Crippen molar-refractivity contribution >= 4 is 0 Å². The molecule has 0 amide bonds. The van der Waals surface area contributed by atoms with Crippen LogP contribution in [0.25, 0.3) is 11.1 Å². The second kappa shape index (κ2) is 6.55. The van der Waals surface area contributed by atoms with E-state index in [1.54, 1.807) is 0 Å². The lowest BCUT2D eigenvalue weighted by molar-refractivity contribution is -0.145. The van der Waals surface area contributed by atoms with E-state index >= 15 is 0 Å². The fourth-order valence-electron chi connectivity index (χ4n) is 2.02. The zero-order chi connectivity index (χ0) is 19.8. The normalized spacial score (nSPS) is 11.2. The van der Waals surface area contributed by atoms with Gasteiger partial charge in [-0.15, -0.1) is 0 Å². The Hall–Kier alpha value is -3.28. The molecule has 0 aliphatic heterocycles. The van der Waals surface area contributed by atoms with Crippen molar-refractivity contribution in [2.75, 3.05) is 0 Å². The Kier molecular flexibility index (Phi) is 4.80. The van der Waals surface area contributed by atoms with Crippen LogP contribution in [0.5, 0.6) is 0 Å². The second-order valence-electron chi connectivity index (χ2n) is 4.62. The fraction of sp³-hybridized carbons (Fsp3) is 0.143. The molecule has 0 spiro atoms. The summed E-state index contributed by atoms with van der Waals surface area (Å²) in [4.78, 5) is 4.65. The van der Waals surface area contributed by atoms with E-state index < -0.39 is 70.0 Å². The third kappa shape index (κ3) is 3.01. The monoisotopic (exact) mass is 378 g/mol. The van der Waals surface area contributed by atoms with Gasteiger partial charge in [-0.3, -0.25) is 0 Å². The number of nitriles is 2. The minimum Gasteiger partial charge on any atom is -0.206 e. The number of nitrogens with zero attached hydrogens (tertiary/aromatic N) is 4. The van der Waals surface area contributed by atoms with Crippen LogP contribution in [-0.4, -0.2) is 9.97 Å². The van der Waals surface area contributed by atoms with Crippen molar-refractivity contribution in [2.45, 2.75) is 12.6 Å². The van der Waals surface area contributed by atoms with Crippen molar-refractivity contribution in [3.05, 3.63) is 46.3 Å². The summed E-state index contributed by atoms with van der Waals surface area (Å²) >= 11 is 0. The summed E-state index contributed by atoms with van der Waals surface area (Å²) in [6.45, 7) is 0. The van der Waals surface area contributed by atoms with E-state index in [0.717, 1.165) is 6.07 Å². The number of hydrogen-bond acceptors (Lipinski definition) is 4. The maximum atomic E-state index is 14.4. The minimum absolute atomic E-state index is 0.964. The number of halogens is 8. The smallest absolute Gasteiger partial charge is 0.206 e. The van der Waals surface area contributed by atoms with Crippen LogP contribution in [0.2, 0.25) is 0 Å². The van der Waals surface area contributed by atoms with E-state index in [1.165, 1.54) is 6.07 Å². The average molecular weight is 378 g/mol. The average Bonchev–Trinajstić information content (AvgIpc) is 2.54. The van der Waals surface area contributed by atoms with Crippen molar-refractivity contribution in [1.82, 2.24) is 9.97 Å². The molecule has 4 nitrogen and oxygen atoms in total. The van der Waals surface area contributed by atoms with Crippen molar-refractivity contribution in [1.29, 1.82) is 10.5 Å². The molecule has 0 saturated carbocycles. The number of hydrogen-bond donors (Lipinski definition) is 0. The maximum Gasteiger partial charge on any atom is 0.451 e. The molecule has 0 aliphatic carbocycles. The van der Waals surface area contributed by atoms with Crippen LogP contribution in [0, 0.1) is 52.0 Å². The zero-order valence-corrected chi connectivity index (χ0v) is 12.0. The van der Waals surface area contributed by atoms with Crippen molar-refractivity contribution in [2.24, 2.45) is 0 Å². The van der Waals surface area contributed by atoms with Crippen molar-refractivity contribution < 1.29 is 35.1 Å². The van der Waals surface area contributed by atoms with Gasteiger partial charge in [-0.25, -0.2) is 13.2 Å². The molecule has 2 aromatic rings. The summed E-state index contributed by atoms with van der Waals surface area (Å²) in [6.07, 6.45) is -6.44. The van der Waals surface area contributed by atoms with Crippen LogP contribution in [-0.2, 0) is 12.6 Å². The highest BCUT2D eigenvalue weighted by molar-refractivity contribution is 5.72. The molecule has 134 valence electrons. The van der Waals surface area contributed by atoms with E-state index in [2.05, 4.69) is 9.97 Å². The van der Waals surface area contributed by atoms with Crippen LogP contribution in [0.15, 0.2) is 0 Å². The first-order valence-corrected chi connectivity index (χ1v) is 6.31. The van der Waals surface area contributed by atoms with E-state index in [0.29, 0.717) is 0 Å². The minimum atomic E-state index is -5.35. The Morgan fingerprint density at radius 1 is 0.808 bits per heavy atom. The van der Waals surface area contributed by atoms with E-state index in [9.17, 15) is 35.1 Å². The van der Waals surface area contributed by atoms with E-state index in [4.69, 9.17) is 10.5 Å². The topological polar surface area (TPSA) is 73.4 Å². The Morgan fingerprint density at radius 3 is 1.77 bits per heavy atom. The Morgan fingerprint density at radius 2 is 1.35 bits per heavy atom. The molecule has 0 radical (unpaired) electrons. The molecule has 0 atom stereocenters. The molecule has 0 aliphatic rings. The highest BCUT2D eigenvalue weighted by atomic mass is 19.4. The highest BCUT2D eigenvalue weighted by Crippen LogP contribution is 2.36. The maximum absolute atomic E-state index is 14.4. The van der Waals surface area contributed by atoms with Gasteiger partial charge in [0.2, 0.25) is 17.7 Å². The van der Waals surface area contributed by atoms with E-state index in [1.807, 2.05) is 0 Å². The Balaban J connectivity index is 2.94. The summed E-state index contributed by atoms with van der Waals surface area (Å²) < 4.78 is 107. The molecule has 0 fully saturated rings. The molecular formula is C14H2F8N4. The summed E-state index contributed by atoms with van der Waals surface area (Å²) in [5, 5.41) is 17.4. The molecule has 26 heavy (non-hydrogen) atoms. The molecule has 1 aromatic carbocycles. The molecule has 0 saturated heterocycles. The van der Waals surface area contributed by atoms with Gasteiger partial charge in [-0.05, 0) is 0 Å². The molecule has 1 heterocycles.